The third-order valence-electron chi connectivity index (χ3n) is 3.95. The summed E-state index contributed by atoms with van der Waals surface area (Å²) in [7, 11) is -3.48. The van der Waals surface area contributed by atoms with E-state index in [1.54, 1.807) is 16.4 Å². The van der Waals surface area contributed by atoms with Crippen molar-refractivity contribution in [2.75, 3.05) is 0 Å². The molecule has 1 saturated heterocycles. The summed E-state index contributed by atoms with van der Waals surface area (Å²) in [6, 6.07) is 6.26. The van der Waals surface area contributed by atoms with Crippen LogP contribution < -0.4 is 0 Å². The molecule has 2 rings (SSSR count). The molecule has 0 saturated carbocycles. The van der Waals surface area contributed by atoms with E-state index in [1.807, 2.05) is 13.8 Å². The van der Waals surface area contributed by atoms with Gasteiger partial charge in [-0.25, -0.2) is 8.42 Å². The second-order valence-corrected chi connectivity index (χ2v) is 7.39. The van der Waals surface area contributed by atoms with Crippen LogP contribution in [0.25, 0.3) is 0 Å². The first-order chi connectivity index (χ1) is 9.34. The molecule has 0 aliphatic carbocycles. The molecule has 0 N–H and O–H groups in total. The Morgan fingerprint density at radius 2 is 1.60 bits per heavy atom. The van der Waals surface area contributed by atoms with Gasteiger partial charge in [-0.1, -0.05) is 18.6 Å². The molecule has 1 fully saturated rings. The van der Waals surface area contributed by atoms with Crippen LogP contribution in [0.3, 0.4) is 0 Å². The number of piperidine rings is 1. The zero-order valence-electron chi connectivity index (χ0n) is 12.2. The maximum absolute atomic E-state index is 12.7. The van der Waals surface area contributed by atoms with E-state index in [9.17, 15) is 13.2 Å². The Hall–Kier alpha value is -1.20. The highest BCUT2D eigenvalue weighted by Gasteiger charge is 2.35. The average molecular weight is 295 g/mol. The van der Waals surface area contributed by atoms with Crippen molar-refractivity contribution in [2.24, 2.45) is 0 Å². The van der Waals surface area contributed by atoms with Gasteiger partial charge in [-0.05, 0) is 45.7 Å². The molecular formula is C15H21NO3S. The fourth-order valence-corrected chi connectivity index (χ4v) is 4.74. The Labute approximate surface area is 120 Å². The van der Waals surface area contributed by atoms with E-state index in [4.69, 9.17) is 0 Å². The zero-order valence-corrected chi connectivity index (χ0v) is 13.0. The summed E-state index contributed by atoms with van der Waals surface area (Å²) in [4.78, 5) is 11.5. The van der Waals surface area contributed by atoms with E-state index in [2.05, 4.69) is 0 Å². The van der Waals surface area contributed by atoms with Crippen molar-refractivity contribution < 1.29 is 13.2 Å². The summed E-state index contributed by atoms with van der Waals surface area (Å²) < 4.78 is 27.1. The molecule has 0 amide bonds. The third-order valence-corrected chi connectivity index (χ3v) is 6.09. The zero-order chi connectivity index (χ0) is 14.9. The average Bonchev–Trinajstić information content (AvgIpc) is 2.38. The monoisotopic (exact) mass is 295 g/mol. The Balaban J connectivity index is 2.36. The molecule has 5 heteroatoms. The largest absolute Gasteiger partial charge is 0.295 e. The first-order valence-electron chi connectivity index (χ1n) is 6.98. The fraction of sp³-hybridized carbons (Fsp3) is 0.533. The van der Waals surface area contributed by atoms with Crippen molar-refractivity contribution in [3.63, 3.8) is 0 Å². The summed E-state index contributed by atoms with van der Waals surface area (Å²) in [6.07, 6.45) is 2.86. The quantitative estimate of drug-likeness (QED) is 0.806. The number of ketones is 1. The summed E-state index contributed by atoms with van der Waals surface area (Å²) >= 11 is 0. The van der Waals surface area contributed by atoms with Crippen LogP contribution in [0.1, 0.15) is 50.4 Å². The van der Waals surface area contributed by atoms with E-state index in [-0.39, 0.29) is 22.8 Å². The molecule has 1 aromatic carbocycles. The van der Waals surface area contributed by atoms with Crippen molar-refractivity contribution in [3.8, 4) is 0 Å². The number of hydrogen-bond acceptors (Lipinski definition) is 3. The summed E-state index contributed by atoms with van der Waals surface area (Å²) in [6.45, 7) is 5.38. The SMILES string of the molecule is CC(=O)c1ccc(S(=O)(=O)N2[C@H](C)CCC[C@H]2C)cc1. The number of rotatable bonds is 3. The Kier molecular flexibility index (Phi) is 4.30. The number of benzene rings is 1. The Morgan fingerprint density at radius 1 is 1.10 bits per heavy atom. The molecule has 1 aliphatic heterocycles. The van der Waals surface area contributed by atoms with Crippen LogP contribution in [-0.2, 0) is 10.0 Å². The van der Waals surface area contributed by atoms with Crippen LogP contribution in [0, 0.1) is 0 Å². The van der Waals surface area contributed by atoms with Crippen molar-refractivity contribution in [3.05, 3.63) is 29.8 Å². The lowest BCUT2D eigenvalue weighted by molar-refractivity contribution is 0.101. The van der Waals surface area contributed by atoms with E-state index in [1.165, 1.54) is 19.1 Å². The molecular weight excluding hydrogens is 274 g/mol. The third kappa shape index (κ3) is 2.79. The smallest absolute Gasteiger partial charge is 0.243 e. The molecule has 0 spiro atoms. The molecule has 20 heavy (non-hydrogen) atoms. The number of Topliss-reactive ketones (excluding diaryl/α,β-unsaturated/α-hetero) is 1. The number of carbonyl (C=O) groups is 1. The summed E-state index contributed by atoms with van der Waals surface area (Å²) in [5.41, 5.74) is 0.531. The highest BCUT2D eigenvalue weighted by Crippen LogP contribution is 2.29. The van der Waals surface area contributed by atoms with Gasteiger partial charge in [0.2, 0.25) is 10.0 Å². The van der Waals surface area contributed by atoms with Gasteiger partial charge in [-0.3, -0.25) is 4.79 Å². The molecule has 1 aromatic rings. The lowest BCUT2D eigenvalue weighted by atomic mass is 10.0. The van der Waals surface area contributed by atoms with E-state index in [0.717, 1.165) is 19.3 Å². The van der Waals surface area contributed by atoms with Gasteiger partial charge in [0.1, 0.15) is 0 Å². The van der Waals surface area contributed by atoms with Gasteiger partial charge in [0.15, 0.2) is 5.78 Å². The van der Waals surface area contributed by atoms with Crippen LogP contribution in [0.5, 0.6) is 0 Å². The maximum Gasteiger partial charge on any atom is 0.243 e. The highest BCUT2D eigenvalue weighted by molar-refractivity contribution is 7.89. The van der Waals surface area contributed by atoms with Crippen molar-refractivity contribution in [1.82, 2.24) is 4.31 Å². The molecule has 4 nitrogen and oxygen atoms in total. The second-order valence-electron chi connectivity index (χ2n) is 5.54. The minimum absolute atomic E-state index is 0.0243. The van der Waals surface area contributed by atoms with Gasteiger partial charge in [-0.2, -0.15) is 4.31 Å². The number of hydrogen-bond donors (Lipinski definition) is 0. The molecule has 110 valence electrons. The van der Waals surface area contributed by atoms with Crippen molar-refractivity contribution in [1.29, 1.82) is 0 Å². The first-order valence-corrected chi connectivity index (χ1v) is 8.42. The Bertz CT molecular complexity index is 582. The van der Waals surface area contributed by atoms with E-state index < -0.39 is 10.0 Å². The van der Waals surface area contributed by atoms with Crippen LogP contribution in [0.15, 0.2) is 29.2 Å². The van der Waals surface area contributed by atoms with Gasteiger partial charge < -0.3 is 0 Å². The molecule has 0 bridgehead atoms. The van der Waals surface area contributed by atoms with Gasteiger partial charge in [-0.15, -0.1) is 0 Å². The molecule has 0 unspecified atom stereocenters. The topological polar surface area (TPSA) is 54.5 Å². The maximum atomic E-state index is 12.7. The minimum Gasteiger partial charge on any atom is -0.295 e. The van der Waals surface area contributed by atoms with E-state index >= 15 is 0 Å². The Morgan fingerprint density at radius 3 is 2.05 bits per heavy atom. The number of carbonyl (C=O) groups excluding carboxylic acids is 1. The van der Waals surface area contributed by atoms with Crippen LogP contribution in [0.2, 0.25) is 0 Å². The normalized spacial score (nSPS) is 24.6. The highest BCUT2D eigenvalue weighted by atomic mass is 32.2. The summed E-state index contributed by atoms with van der Waals surface area (Å²) in [5.74, 6) is -0.0614. The molecule has 1 heterocycles. The number of sulfonamides is 1. The minimum atomic E-state index is -3.48. The lowest BCUT2D eigenvalue weighted by Gasteiger charge is -2.37. The van der Waals surface area contributed by atoms with Crippen molar-refractivity contribution in [2.45, 2.75) is 57.0 Å². The van der Waals surface area contributed by atoms with Gasteiger partial charge >= 0.3 is 0 Å². The second kappa shape index (κ2) is 5.66. The molecule has 2 atom stereocenters. The van der Waals surface area contributed by atoms with Gasteiger partial charge in [0.25, 0.3) is 0 Å². The standard InChI is InChI=1S/C15H21NO3S/c1-11-5-4-6-12(2)16(11)20(18,19)15-9-7-14(8-10-15)13(3)17/h7-12H,4-6H2,1-3H3/t11-,12-/m1/s1. The van der Waals surface area contributed by atoms with Crippen LogP contribution in [0.4, 0.5) is 0 Å². The predicted molar refractivity (Wildman–Crippen MR) is 78.2 cm³/mol. The molecule has 1 aliphatic rings. The van der Waals surface area contributed by atoms with Crippen LogP contribution in [-0.4, -0.2) is 30.6 Å². The number of nitrogens with zero attached hydrogens (tertiary/aromatic N) is 1. The van der Waals surface area contributed by atoms with Crippen LogP contribution >= 0.6 is 0 Å². The fourth-order valence-electron chi connectivity index (χ4n) is 2.85. The van der Waals surface area contributed by atoms with Gasteiger partial charge in [0, 0.05) is 17.6 Å². The van der Waals surface area contributed by atoms with E-state index in [0.29, 0.717) is 5.56 Å². The first kappa shape index (κ1) is 15.2. The van der Waals surface area contributed by atoms with Crippen molar-refractivity contribution >= 4 is 15.8 Å². The predicted octanol–water partition coefficient (Wildman–Crippen LogP) is 2.84. The summed E-state index contributed by atoms with van der Waals surface area (Å²) in [5, 5.41) is 0. The molecule has 0 aromatic heterocycles. The molecule has 0 radical (unpaired) electrons. The lowest BCUT2D eigenvalue weighted by Crippen LogP contribution is -2.47. The van der Waals surface area contributed by atoms with Gasteiger partial charge in [0.05, 0.1) is 4.90 Å².